The van der Waals surface area contributed by atoms with E-state index in [2.05, 4.69) is 10.6 Å². The molecular formula is C14H19FN2O2. The molecule has 1 fully saturated rings. The molecule has 2 atom stereocenters. The molecule has 1 aromatic rings. The molecule has 1 heterocycles. The number of hydrogen-bond donors (Lipinski definition) is 2. The molecule has 1 aliphatic heterocycles. The van der Waals surface area contributed by atoms with E-state index in [0.717, 1.165) is 12.1 Å². The molecule has 2 unspecified atom stereocenters. The van der Waals surface area contributed by atoms with Crippen molar-refractivity contribution in [1.82, 2.24) is 5.32 Å². The maximum absolute atomic E-state index is 13.6. The number of amides is 1. The Labute approximate surface area is 112 Å². The number of aryl methyl sites for hydroxylation is 1. The zero-order valence-electron chi connectivity index (χ0n) is 11.2. The third-order valence-electron chi connectivity index (χ3n) is 3.26. The summed E-state index contributed by atoms with van der Waals surface area (Å²) in [5, 5.41) is 5.86. The number of likely N-dealkylation sites (N-methyl/N-ethyl adjacent to an activating group) is 1. The lowest BCUT2D eigenvalue weighted by Gasteiger charge is -2.18. The first-order valence-corrected chi connectivity index (χ1v) is 6.50. The van der Waals surface area contributed by atoms with E-state index in [0.29, 0.717) is 13.2 Å². The Balaban J connectivity index is 2.06. The highest BCUT2D eigenvalue weighted by Crippen LogP contribution is 2.20. The van der Waals surface area contributed by atoms with Gasteiger partial charge >= 0.3 is 0 Å². The predicted molar refractivity (Wildman–Crippen MR) is 71.5 cm³/mol. The molecule has 4 nitrogen and oxygen atoms in total. The van der Waals surface area contributed by atoms with Crippen LogP contribution < -0.4 is 10.6 Å². The van der Waals surface area contributed by atoms with Crippen LogP contribution in [0.3, 0.4) is 0 Å². The quantitative estimate of drug-likeness (QED) is 0.872. The normalized spacial score (nSPS) is 22.5. The van der Waals surface area contributed by atoms with Crippen LogP contribution in [0.25, 0.3) is 0 Å². The molecule has 1 saturated heterocycles. The van der Waals surface area contributed by atoms with Gasteiger partial charge in [-0.3, -0.25) is 4.79 Å². The van der Waals surface area contributed by atoms with Gasteiger partial charge < -0.3 is 15.4 Å². The van der Waals surface area contributed by atoms with Crippen molar-refractivity contribution in [3.05, 3.63) is 29.6 Å². The Morgan fingerprint density at radius 1 is 1.47 bits per heavy atom. The average Bonchev–Trinajstić information content (AvgIpc) is 2.82. The summed E-state index contributed by atoms with van der Waals surface area (Å²) in [4.78, 5) is 12.2. The summed E-state index contributed by atoms with van der Waals surface area (Å²) in [5.74, 6) is -0.898. The fraction of sp³-hybridized carbons (Fsp3) is 0.500. The van der Waals surface area contributed by atoms with Gasteiger partial charge in [0.15, 0.2) is 0 Å². The highest BCUT2D eigenvalue weighted by Gasteiger charge is 2.33. The molecule has 19 heavy (non-hydrogen) atoms. The van der Waals surface area contributed by atoms with Crippen LogP contribution in [0.1, 0.15) is 12.5 Å². The number of anilines is 1. The summed E-state index contributed by atoms with van der Waals surface area (Å²) in [5.41, 5.74) is 1.13. The van der Waals surface area contributed by atoms with Gasteiger partial charge in [-0.05, 0) is 31.2 Å². The zero-order valence-corrected chi connectivity index (χ0v) is 11.2. The largest absolute Gasteiger partial charge is 0.379 e. The Kier molecular flexibility index (Phi) is 4.50. The average molecular weight is 266 g/mol. The van der Waals surface area contributed by atoms with Gasteiger partial charge in [0.25, 0.3) is 0 Å². The molecule has 0 saturated carbocycles. The second-order valence-electron chi connectivity index (χ2n) is 4.78. The molecule has 1 amide bonds. The topological polar surface area (TPSA) is 50.4 Å². The summed E-state index contributed by atoms with van der Waals surface area (Å²) in [6.45, 7) is 5.50. The van der Waals surface area contributed by atoms with Gasteiger partial charge in [-0.2, -0.15) is 0 Å². The van der Waals surface area contributed by atoms with Crippen LogP contribution in [0.15, 0.2) is 18.2 Å². The van der Waals surface area contributed by atoms with Gasteiger partial charge in [-0.25, -0.2) is 4.39 Å². The van der Waals surface area contributed by atoms with Crippen LogP contribution in [-0.4, -0.2) is 31.7 Å². The number of halogens is 1. The van der Waals surface area contributed by atoms with Crippen molar-refractivity contribution < 1.29 is 13.9 Å². The molecule has 2 N–H and O–H groups in total. The molecule has 5 heteroatoms. The Bertz CT molecular complexity index is 465. The molecule has 0 aromatic heterocycles. The summed E-state index contributed by atoms with van der Waals surface area (Å²) in [6.07, 6.45) is 0. The van der Waals surface area contributed by atoms with Crippen molar-refractivity contribution in [1.29, 1.82) is 0 Å². The van der Waals surface area contributed by atoms with E-state index < -0.39 is 5.82 Å². The first kappa shape index (κ1) is 14.0. The summed E-state index contributed by atoms with van der Waals surface area (Å²) in [7, 11) is 0. The molecular weight excluding hydrogens is 247 g/mol. The minimum Gasteiger partial charge on any atom is -0.379 e. The van der Waals surface area contributed by atoms with Crippen molar-refractivity contribution in [2.45, 2.75) is 19.9 Å². The van der Waals surface area contributed by atoms with E-state index >= 15 is 0 Å². The molecule has 104 valence electrons. The van der Waals surface area contributed by atoms with E-state index in [-0.39, 0.29) is 23.6 Å². The fourth-order valence-corrected chi connectivity index (χ4v) is 2.24. The number of ether oxygens (including phenoxy) is 1. The van der Waals surface area contributed by atoms with Gasteiger partial charge in [0.2, 0.25) is 5.91 Å². The van der Waals surface area contributed by atoms with Gasteiger partial charge in [-0.15, -0.1) is 0 Å². The smallest absolute Gasteiger partial charge is 0.231 e. The van der Waals surface area contributed by atoms with Crippen molar-refractivity contribution in [3.63, 3.8) is 0 Å². The van der Waals surface area contributed by atoms with E-state index in [1.807, 2.05) is 13.8 Å². The third kappa shape index (κ3) is 3.30. The molecule has 0 radical (unpaired) electrons. The van der Waals surface area contributed by atoms with Crippen molar-refractivity contribution in [3.8, 4) is 0 Å². The van der Waals surface area contributed by atoms with Crippen molar-refractivity contribution in [2.75, 3.05) is 25.1 Å². The number of rotatable bonds is 4. The minimum atomic E-state index is -0.419. The van der Waals surface area contributed by atoms with Gasteiger partial charge in [0, 0.05) is 6.04 Å². The van der Waals surface area contributed by atoms with Gasteiger partial charge in [0.05, 0.1) is 24.8 Å². The van der Waals surface area contributed by atoms with Gasteiger partial charge in [-0.1, -0.05) is 13.0 Å². The van der Waals surface area contributed by atoms with Crippen LogP contribution in [-0.2, 0) is 9.53 Å². The third-order valence-corrected chi connectivity index (χ3v) is 3.26. The lowest BCUT2D eigenvalue weighted by Crippen LogP contribution is -2.41. The Morgan fingerprint density at radius 2 is 2.26 bits per heavy atom. The number of benzene rings is 1. The molecule has 2 rings (SSSR count). The lowest BCUT2D eigenvalue weighted by molar-refractivity contribution is -0.120. The number of hydrogen-bond acceptors (Lipinski definition) is 3. The van der Waals surface area contributed by atoms with Crippen LogP contribution in [0.4, 0.5) is 10.1 Å². The predicted octanol–water partition coefficient (Wildman–Crippen LogP) is 1.70. The molecule has 0 spiro atoms. The standard InChI is InChI=1S/C14H19FN2O2/c1-3-16-13-8-19-7-10(13)14(18)17-12-6-9(2)4-5-11(12)15/h4-6,10,13,16H,3,7-8H2,1-2H3,(H,17,18). The SMILES string of the molecule is CCNC1COCC1C(=O)Nc1cc(C)ccc1F. The minimum absolute atomic E-state index is 0.00197. The van der Waals surface area contributed by atoms with Crippen LogP contribution in [0, 0.1) is 18.7 Å². The first-order chi connectivity index (χ1) is 9.11. The maximum Gasteiger partial charge on any atom is 0.231 e. The summed E-state index contributed by atoms with van der Waals surface area (Å²) in [6, 6.07) is 4.66. The molecule has 0 aliphatic carbocycles. The second kappa shape index (κ2) is 6.12. The highest BCUT2D eigenvalue weighted by molar-refractivity contribution is 5.93. The fourth-order valence-electron chi connectivity index (χ4n) is 2.24. The van der Waals surface area contributed by atoms with Crippen molar-refractivity contribution in [2.24, 2.45) is 5.92 Å². The van der Waals surface area contributed by atoms with E-state index in [1.165, 1.54) is 6.07 Å². The highest BCUT2D eigenvalue weighted by atomic mass is 19.1. The molecule has 1 aliphatic rings. The van der Waals surface area contributed by atoms with E-state index in [4.69, 9.17) is 4.74 Å². The summed E-state index contributed by atoms with van der Waals surface area (Å²) < 4.78 is 18.9. The van der Waals surface area contributed by atoms with E-state index in [1.54, 1.807) is 12.1 Å². The van der Waals surface area contributed by atoms with Gasteiger partial charge in [0.1, 0.15) is 5.82 Å². The van der Waals surface area contributed by atoms with Crippen LogP contribution in [0.2, 0.25) is 0 Å². The number of carbonyl (C=O) groups is 1. The monoisotopic (exact) mass is 266 g/mol. The Morgan fingerprint density at radius 3 is 3.00 bits per heavy atom. The lowest BCUT2D eigenvalue weighted by atomic mass is 10.0. The summed E-state index contributed by atoms with van der Waals surface area (Å²) >= 11 is 0. The zero-order chi connectivity index (χ0) is 13.8. The molecule has 0 bridgehead atoms. The van der Waals surface area contributed by atoms with Crippen LogP contribution in [0.5, 0.6) is 0 Å². The maximum atomic E-state index is 13.6. The van der Waals surface area contributed by atoms with E-state index in [9.17, 15) is 9.18 Å². The first-order valence-electron chi connectivity index (χ1n) is 6.50. The number of carbonyl (C=O) groups excluding carboxylic acids is 1. The van der Waals surface area contributed by atoms with Crippen LogP contribution >= 0.6 is 0 Å². The van der Waals surface area contributed by atoms with Crippen molar-refractivity contribution >= 4 is 11.6 Å². The number of nitrogens with one attached hydrogen (secondary N) is 2. The Hall–Kier alpha value is -1.46. The molecule has 1 aromatic carbocycles. The second-order valence-corrected chi connectivity index (χ2v) is 4.78.